The molecule has 1 aromatic rings. The van der Waals surface area contributed by atoms with Crippen molar-refractivity contribution in [1.82, 2.24) is 4.90 Å². The Kier molecular flexibility index (Phi) is 6.18. The minimum Gasteiger partial charge on any atom is -0.481 e. The van der Waals surface area contributed by atoms with Crippen LogP contribution in [0.15, 0.2) is 24.3 Å². The highest BCUT2D eigenvalue weighted by Gasteiger charge is 2.11. The lowest BCUT2D eigenvalue weighted by Gasteiger charge is -2.17. The van der Waals surface area contributed by atoms with Gasteiger partial charge in [0, 0.05) is 12.2 Å². The van der Waals surface area contributed by atoms with E-state index in [2.05, 4.69) is 19.2 Å². The average molecular weight is 278 g/mol. The minimum atomic E-state index is -0.859. The zero-order valence-electron chi connectivity index (χ0n) is 12.2. The molecule has 1 amide bonds. The standard InChI is InChI=1S/C15H22N2O3/c1-11(2)12-6-4-5-7-13(12)16-14(18)10-17(3)9-8-15(19)20/h4-7,11H,8-10H2,1-3H3,(H,16,18)(H,19,20). The van der Waals surface area contributed by atoms with Crippen molar-refractivity contribution in [3.05, 3.63) is 29.8 Å². The topological polar surface area (TPSA) is 69.6 Å². The average Bonchev–Trinajstić information content (AvgIpc) is 2.36. The molecule has 0 unspecified atom stereocenters. The fraction of sp³-hybridized carbons (Fsp3) is 0.467. The van der Waals surface area contributed by atoms with Gasteiger partial charge in [-0.1, -0.05) is 32.0 Å². The van der Waals surface area contributed by atoms with E-state index in [0.717, 1.165) is 11.3 Å². The minimum absolute atomic E-state index is 0.0341. The van der Waals surface area contributed by atoms with E-state index in [1.807, 2.05) is 24.3 Å². The SMILES string of the molecule is CC(C)c1ccccc1NC(=O)CN(C)CCC(=O)O. The van der Waals surface area contributed by atoms with Gasteiger partial charge in [0.1, 0.15) is 0 Å². The maximum Gasteiger partial charge on any atom is 0.304 e. The summed E-state index contributed by atoms with van der Waals surface area (Å²) in [6.07, 6.45) is 0.0341. The van der Waals surface area contributed by atoms with Gasteiger partial charge in [-0.3, -0.25) is 14.5 Å². The van der Waals surface area contributed by atoms with Gasteiger partial charge in [-0.25, -0.2) is 0 Å². The van der Waals surface area contributed by atoms with E-state index in [9.17, 15) is 9.59 Å². The van der Waals surface area contributed by atoms with Crippen LogP contribution in [-0.4, -0.2) is 42.0 Å². The number of para-hydroxylation sites is 1. The predicted octanol–water partition coefficient (Wildman–Crippen LogP) is 2.15. The van der Waals surface area contributed by atoms with Crippen LogP contribution in [-0.2, 0) is 9.59 Å². The van der Waals surface area contributed by atoms with Crippen molar-refractivity contribution in [2.24, 2.45) is 0 Å². The first-order chi connectivity index (χ1) is 9.40. The Balaban J connectivity index is 2.56. The maximum absolute atomic E-state index is 11.9. The fourth-order valence-corrected chi connectivity index (χ4v) is 1.91. The molecule has 1 rings (SSSR count). The van der Waals surface area contributed by atoms with Gasteiger partial charge in [0.05, 0.1) is 13.0 Å². The summed E-state index contributed by atoms with van der Waals surface area (Å²) < 4.78 is 0. The van der Waals surface area contributed by atoms with Gasteiger partial charge in [0.15, 0.2) is 0 Å². The highest BCUT2D eigenvalue weighted by atomic mass is 16.4. The maximum atomic E-state index is 11.9. The van der Waals surface area contributed by atoms with Gasteiger partial charge in [-0.15, -0.1) is 0 Å². The summed E-state index contributed by atoms with van der Waals surface area (Å²) in [6.45, 7) is 4.68. The van der Waals surface area contributed by atoms with Crippen LogP contribution >= 0.6 is 0 Å². The molecule has 5 heteroatoms. The third-order valence-corrected chi connectivity index (χ3v) is 2.98. The highest BCUT2D eigenvalue weighted by molar-refractivity contribution is 5.93. The zero-order chi connectivity index (χ0) is 15.1. The molecule has 0 spiro atoms. The molecule has 0 aliphatic rings. The Labute approximate surface area is 119 Å². The Morgan fingerprint density at radius 1 is 1.30 bits per heavy atom. The number of carbonyl (C=O) groups is 2. The van der Waals surface area contributed by atoms with Gasteiger partial charge < -0.3 is 10.4 Å². The number of nitrogens with zero attached hydrogens (tertiary/aromatic N) is 1. The van der Waals surface area contributed by atoms with Crippen LogP contribution in [0.4, 0.5) is 5.69 Å². The lowest BCUT2D eigenvalue weighted by atomic mass is 10.0. The number of carboxylic acids is 1. The van der Waals surface area contributed by atoms with Crippen LogP contribution in [0.25, 0.3) is 0 Å². The number of carbonyl (C=O) groups excluding carboxylic acids is 1. The summed E-state index contributed by atoms with van der Waals surface area (Å²) in [5.41, 5.74) is 1.91. The third-order valence-electron chi connectivity index (χ3n) is 2.98. The van der Waals surface area contributed by atoms with Crippen molar-refractivity contribution in [2.45, 2.75) is 26.2 Å². The van der Waals surface area contributed by atoms with Crippen LogP contribution < -0.4 is 5.32 Å². The molecule has 0 aliphatic heterocycles. The number of aliphatic carboxylic acids is 1. The number of hydrogen-bond acceptors (Lipinski definition) is 3. The first-order valence-electron chi connectivity index (χ1n) is 6.69. The van der Waals surface area contributed by atoms with E-state index in [1.54, 1.807) is 11.9 Å². The van der Waals surface area contributed by atoms with E-state index in [-0.39, 0.29) is 18.9 Å². The Morgan fingerprint density at radius 3 is 2.55 bits per heavy atom. The number of rotatable bonds is 7. The van der Waals surface area contributed by atoms with Crippen LogP contribution in [0.5, 0.6) is 0 Å². The van der Waals surface area contributed by atoms with Crippen molar-refractivity contribution in [1.29, 1.82) is 0 Å². The summed E-state index contributed by atoms with van der Waals surface area (Å²) in [5.74, 6) is -0.662. The lowest BCUT2D eigenvalue weighted by Crippen LogP contribution is -2.32. The Hall–Kier alpha value is -1.88. The van der Waals surface area contributed by atoms with Crippen molar-refractivity contribution < 1.29 is 14.7 Å². The number of nitrogens with one attached hydrogen (secondary N) is 1. The number of carboxylic acid groups (broad SMARTS) is 1. The molecule has 0 aromatic heterocycles. The Morgan fingerprint density at radius 2 is 1.95 bits per heavy atom. The summed E-state index contributed by atoms with van der Waals surface area (Å²) >= 11 is 0. The molecule has 20 heavy (non-hydrogen) atoms. The van der Waals surface area contributed by atoms with E-state index >= 15 is 0 Å². The number of benzene rings is 1. The molecule has 0 saturated heterocycles. The molecule has 0 fully saturated rings. The first-order valence-corrected chi connectivity index (χ1v) is 6.69. The number of anilines is 1. The number of amides is 1. The Bertz CT molecular complexity index is 472. The van der Waals surface area contributed by atoms with Gasteiger partial charge in [0.25, 0.3) is 0 Å². The van der Waals surface area contributed by atoms with Gasteiger partial charge in [-0.05, 0) is 24.6 Å². The van der Waals surface area contributed by atoms with Crippen molar-refractivity contribution in [3.8, 4) is 0 Å². The summed E-state index contributed by atoms with van der Waals surface area (Å²) in [5, 5.41) is 11.5. The predicted molar refractivity (Wildman–Crippen MR) is 78.9 cm³/mol. The summed E-state index contributed by atoms with van der Waals surface area (Å²) in [6, 6.07) is 7.71. The van der Waals surface area contributed by atoms with E-state index in [4.69, 9.17) is 5.11 Å². The molecule has 0 saturated carbocycles. The number of hydrogen-bond donors (Lipinski definition) is 2. The summed E-state index contributed by atoms with van der Waals surface area (Å²) in [4.78, 5) is 24.1. The quantitative estimate of drug-likeness (QED) is 0.802. The largest absolute Gasteiger partial charge is 0.481 e. The third kappa shape index (κ3) is 5.40. The summed E-state index contributed by atoms with van der Waals surface area (Å²) in [7, 11) is 1.73. The molecular weight excluding hydrogens is 256 g/mol. The van der Waals surface area contributed by atoms with Crippen LogP contribution in [0.1, 0.15) is 31.7 Å². The second kappa shape index (κ2) is 7.65. The van der Waals surface area contributed by atoms with E-state index in [1.165, 1.54) is 0 Å². The van der Waals surface area contributed by atoms with Crippen molar-refractivity contribution in [3.63, 3.8) is 0 Å². The molecule has 0 aliphatic carbocycles. The highest BCUT2D eigenvalue weighted by Crippen LogP contribution is 2.23. The molecule has 5 nitrogen and oxygen atoms in total. The molecule has 0 heterocycles. The molecule has 0 atom stereocenters. The fourth-order valence-electron chi connectivity index (χ4n) is 1.91. The van der Waals surface area contributed by atoms with Crippen LogP contribution in [0.2, 0.25) is 0 Å². The lowest BCUT2D eigenvalue weighted by molar-refractivity contribution is -0.137. The van der Waals surface area contributed by atoms with Crippen molar-refractivity contribution in [2.75, 3.05) is 25.5 Å². The van der Waals surface area contributed by atoms with Gasteiger partial charge in [-0.2, -0.15) is 0 Å². The smallest absolute Gasteiger partial charge is 0.304 e. The van der Waals surface area contributed by atoms with Crippen molar-refractivity contribution >= 4 is 17.6 Å². The molecule has 0 bridgehead atoms. The van der Waals surface area contributed by atoms with E-state index < -0.39 is 5.97 Å². The van der Waals surface area contributed by atoms with Crippen LogP contribution in [0.3, 0.4) is 0 Å². The first kappa shape index (κ1) is 16.2. The molecule has 2 N–H and O–H groups in total. The van der Waals surface area contributed by atoms with Gasteiger partial charge in [0.2, 0.25) is 5.91 Å². The van der Waals surface area contributed by atoms with E-state index in [0.29, 0.717) is 12.5 Å². The zero-order valence-corrected chi connectivity index (χ0v) is 12.2. The molecule has 1 aromatic carbocycles. The monoisotopic (exact) mass is 278 g/mol. The molecule has 0 radical (unpaired) electrons. The molecule has 110 valence electrons. The molecular formula is C15H22N2O3. The second-order valence-corrected chi connectivity index (χ2v) is 5.17. The van der Waals surface area contributed by atoms with Crippen LogP contribution in [0, 0.1) is 0 Å². The number of likely N-dealkylation sites (N-methyl/N-ethyl adjacent to an activating group) is 1. The normalized spacial score (nSPS) is 10.8. The van der Waals surface area contributed by atoms with Gasteiger partial charge >= 0.3 is 5.97 Å². The second-order valence-electron chi connectivity index (χ2n) is 5.17.